The number of hydrogen-bond donors (Lipinski definition) is 0. The molecular formula is C16H20N2O2. The Morgan fingerprint density at radius 2 is 1.95 bits per heavy atom. The number of aromatic nitrogens is 1. The SMILES string of the molecule is c1ccc2c(N3CCCC(OC4CCC4)C3)noc2c1. The van der Waals surface area contributed by atoms with Crippen molar-refractivity contribution in [2.24, 2.45) is 0 Å². The fourth-order valence-corrected chi connectivity index (χ4v) is 3.12. The molecule has 1 saturated carbocycles. The fraction of sp³-hybridized carbons (Fsp3) is 0.562. The van der Waals surface area contributed by atoms with Gasteiger partial charge >= 0.3 is 0 Å². The number of rotatable bonds is 3. The number of fused-ring (bicyclic) bond motifs is 1. The lowest BCUT2D eigenvalue weighted by molar-refractivity contribution is -0.0551. The highest BCUT2D eigenvalue weighted by Crippen LogP contribution is 2.30. The summed E-state index contributed by atoms with van der Waals surface area (Å²) in [4.78, 5) is 2.32. The number of ether oxygens (including phenoxy) is 1. The van der Waals surface area contributed by atoms with Gasteiger partial charge in [-0.2, -0.15) is 0 Å². The molecule has 0 N–H and O–H groups in total. The monoisotopic (exact) mass is 272 g/mol. The molecule has 1 unspecified atom stereocenters. The summed E-state index contributed by atoms with van der Waals surface area (Å²) in [6.07, 6.45) is 7.00. The van der Waals surface area contributed by atoms with Crippen LogP contribution in [0, 0.1) is 0 Å². The summed E-state index contributed by atoms with van der Waals surface area (Å²) in [6, 6.07) is 8.07. The highest BCUT2D eigenvalue weighted by atomic mass is 16.5. The molecule has 0 spiro atoms. The Balaban J connectivity index is 1.52. The fourth-order valence-electron chi connectivity index (χ4n) is 3.12. The van der Waals surface area contributed by atoms with Crippen LogP contribution in [0.3, 0.4) is 0 Å². The van der Waals surface area contributed by atoms with Crippen LogP contribution < -0.4 is 4.90 Å². The molecule has 4 nitrogen and oxygen atoms in total. The van der Waals surface area contributed by atoms with Crippen molar-refractivity contribution in [3.05, 3.63) is 24.3 Å². The van der Waals surface area contributed by atoms with Gasteiger partial charge in [0.1, 0.15) is 0 Å². The molecule has 1 aromatic heterocycles. The van der Waals surface area contributed by atoms with Crippen LogP contribution >= 0.6 is 0 Å². The Morgan fingerprint density at radius 3 is 2.80 bits per heavy atom. The second kappa shape index (κ2) is 5.09. The van der Waals surface area contributed by atoms with Crippen LogP contribution in [0.4, 0.5) is 5.82 Å². The van der Waals surface area contributed by atoms with E-state index in [1.807, 2.05) is 18.2 Å². The average molecular weight is 272 g/mol. The second-order valence-corrected chi connectivity index (χ2v) is 5.90. The summed E-state index contributed by atoms with van der Waals surface area (Å²) in [5.74, 6) is 0.975. The number of para-hydroxylation sites is 1. The molecule has 1 atom stereocenters. The number of hydrogen-bond acceptors (Lipinski definition) is 4. The van der Waals surface area contributed by atoms with Crippen LogP contribution in [0.5, 0.6) is 0 Å². The van der Waals surface area contributed by atoms with Crippen LogP contribution in [-0.4, -0.2) is 30.5 Å². The Bertz CT molecular complexity index is 591. The van der Waals surface area contributed by atoms with Gasteiger partial charge in [-0.25, -0.2) is 0 Å². The van der Waals surface area contributed by atoms with Crippen molar-refractivity contribution in [3.8, 4) is 0 Å². The molecule has 1 aliphatic heterocycles. The van der Waals surface area contributed by atoms with E-state index >= 15 is 0 Å². The van der Waals surface area contributed by atoms with Gasteiger partial charge in [0, 0.05) is 13.1 Å². The Morgan fingerprint density at radius 1 is 1.10 bits per heavy atom. The third kappa shape index (κ3) is 2.18. The molecule has 2 aromatic rings. The van der Waals surface area contributed by atoms with Gasteiger partial charge in [-0.05, 0) is 44.2 Å². The van der Waals surface area contributed by atoms with Gasteiger partial charge in [0.05, 0.1) is 17.6 Å². The van der Waals surface area contributed by atoms with Gasteiger partial charge in [-0.1, -0.05) is 17.3 Å². The molecule has 20 heavy (non-hydrogen) atoms. The van der Waals surface area contributed by atoms with Gasteiger partial charge in [-0.15, -0.1) is 0 Å². The zero-order valence-electron chi connectivity index (χ0n) is 11.6. The van der Waals surface area contributed by atoms with Crippen molar-refractivity contribution in [2.45, 2.75) is 44.3 Å². The Hall–Kier alpha value is -1.55. The highest BCUT2D eigenvalue weighted by molar-refractivity contribution is 5.88. The maximum Gasteiger partial charge on any atom is 0.180 e. The van der Waals surface area contributed by atoms with E-state index in [4.69, 9.17) is 9.26 Å². The normalized spacial score (nSPS) is 24.0. The Kier molecular flexibility index (Phi) is 3.11. The van der Waals surface area contributed by atoms with E-state index in [-0.39, 0.29) is 0 Å². The van der Waals surface area contributed by atoms with Crippen molar-refractivity contribution in [1.29, 1.82) is 0 Å². The van der Waals surface area contributed by atoms with Crippen LogP contribution in [0.15, 0.2) is 28.8 Å². The van der Waals surface area contributed by atoms with Gasteiger partial charge in [0.15, 0.2) is 11.4 Å². The molecule has 2 fully saturated rings. The first-order valence-corrected chi connectivity index (χ1v) is 7.65. The van der Waals surface area contributed by atoms with Crippen LogP contribution in [0.2, 0.25) is 0 Å². The van der Waals surface area contributed by atoms with Gasteiger partial charge in [0.2, 0.25) is 0 Å². The Labute approximate surface area is 118 Å². The van der Waals surface area contributed by atoms with Crippen molar-refractivity contribution in [1.82, 2.24) is 5.16 Å². The quantitative estimate of drug-likeness (QED) is 0.858. The average Bonchev–Trinajstić information content (AvgIpc) is 2.87. The summed E-state index contributed by atoms with van der Waals surface area (Å²) in [6.45, 7) is 1.98. The van der Waals surface area contributed by atoms with E-state index in [1.165, 1.54) is 32.1 Å². The highest BCUT2D eigenvalue weighted by Gasteiger charge is 2.28. The van der Waals surface area contributed by atoms with E-state index in [2.05, 4.69) is 16.1 Å². The third-order valence-electron chi connectivity index (χ3n) is 4.47. The van der Waals surface area contributed by atoms with Crippen molar-refractivity contribution < 1.29 is 9.26 Å². The number of anilines is 1. The molecule has 0 bridgehead atoms. The first kappa shape index (κ1) is 12.2. The van der Waals surface area contributed by atoms with Crippen molar-refractivity contribution >= 4 is 16.8 Å². The van der Waals surface area contributed by atoms with Gasteiger partial charge < -0.3 is 14.2 Å². The molecule has 0 radical (unpaired) electrons. The number of piperidine rings is 1. The molecule has 1 aromatic carbocycles. The number of benzene rings is 1. The number of nitrogens with zero attached hydrogens (tertiary/aromatic N) is 2. The van der Waals surface area contributed by atoms with Gasteiger partial charge in [0.25, 0.3) is 0 Å². The largest absolute Gasteiger partial charge is 0.373 e. The van der Waals surface area contributed by atoms with Gasteiger partial charge in [-0.3, -0.25) is 0 Å². The molecule has 0 amide bonds. The molecule has 4 heteroatoms. The molecule has 106 valence electrons. The van der Waals surface area contributed by atoms with Crippen molar-refractivity contribution in [2.75, 3.05) is 18.0 Å². The van der Waals surface area contributed by atoms with E-state index in [0.717, 1.165) is 29.9 Å². The van der Waals surface area contributed by atoms with Crippen LogP contribution in [-0.2, 0) is 4.74 Å². The summed E-state index contributed by atoms with van der Waals surface area (Å²) in [5.41, 5.74) is 0.865. The van der Waals surface area contributed by atoms with Crippen molar-refractivity contribution in [3.63, 3.8) is 0 Å². The van der Waals surface area contributed by atoms with E-state index in [9.17, 15) is 0 Å². The maximum atomic E-state index is 6.17. The molecule has 4 rings (SSSR count). The standard InChI is InChI=1S/C16H20N2O2/c1-2-9-15-14(8-1)16(17-20-15)18-10-4-7-13(11-18)19-12-5-3-6-12/h1-2,8-9,12-13H,3-7,10-11H2. The van der Waals surface area contributed by atoms with Crippen LogP contribution in [0.25, 0.3) is 11.0 Å². The van der Waals surface area contributed by atoms with E-state index in [0.29, 0.717) is 12.2 Å². The zero-order chi connectivity index (χ0) is 13.4. The molecule has 1 aliphatic carbocycles. The zero-order valence-corrected chi connectivity index (χ0v) is 11.6. The summed E-state index contributed by atoms with van der Waals surface area (Å²) in [5, 5.41) is 5.37. The predicted octanol–water partition coefficient (Wildman–Crippen LogP) is 3.37. The lowest BCUT2D eigenvalue weighted by atomic mass is 9.95. The second-order valence-electron chi connectivity index (χ2n) is 5.90. The molecular weight excluding hydrogens is 252 g/mol. The minimum atomic E-state index is 0.351. The summed E-state index contributed by atoms with van der Waals surface area (Å²) in [7, 11) is 0. The minimum Gasteiger partial charge on any atom is -0.373 e. The van der Waals surface area contributed by atoms with E-state index in [1.54, 1.807) is 0 Å². The van der Waals surface area contributed by atoms with Crippen LogP contribution in [0.1, 0.15) is 32.1 Å². The molecule has 1 saturated heterocycles. The smallest absolute Gasteiger partial charge is 0.180 e. The first-order chi connectivity index (χ1) is 9.90. The summed E-state index contributed by atoms with van der Waals surface area (Å²) >= 11 is 0. The lowest BCUT2D eigenvalue weighted by Crippen LogP contribution is -2.42. The first-order valence-electron chi connectivity index (χ1n) is 7.65. The molecule has 2 heterocycles. The van der Waals surface area contributed by atoms with E-state index < -0.39 is 0 Å². The topological polar surface area (TPSA) is 38.5 Å². The lowest BCUT2D eigenvalue weighted by Gasteiger charge is -2.37. The molecule has 2 aliphatic rings. The minimum absolute atomic E-state index is 0.351. The summed E-state index contributed by atoms with van der Waals surface area (Å²) < 4.78 is 11.6. The third-order valence-corrected chi connectivity index (χ3v) is 4.47. The maximum absolute atomic E-state index is 6.17. The predicted molar refractivity (Wildman–Crippen MR) is 78.0 cm³/mol.